The summed E-state index contributed by atoms with van der Waals surface area (Å²) in [6, 6.07) is 72.8. The van der Waals surface area contributed by atoms with Crippen LogP contribution in [0.15, 0.2) is 206 Å². The predicted octanol–water partition coefficient (Wildman–Crippen LogP) is 18.1. The molecule has 5 nitrogen and oxygen atoms in total. The maximum Gasteiger partial charge on any atom is 0.137 e. The van der Waals surface area contributed by atoms with Gasteiger partial charge in [0.25, 0.3) is 0 Å². The third kappa shape index (κ3) is 8.86. The van der Waals surface area contributed by atoms with Gasteiger partial charge >= 0.3 is 0 Å². The van der Waals surface area contributed by atoms with Crippen LogP contribution in [0.25, 0.3) is 38.8 Å². The van der Waals surface area contributed by atoms with Crippen LogP contribution in [0.2, 0.25) is 0 Å². The molecular formula is C68H66N4O. The van der Waals surface area contributed by atoms with Gasteiger partial charge in [-0.15, -0.1) is 0 Å². The van der Waals surface area contributed by atoms with Crippen LogP contribution < -0.4 is 14.5 Å². The molecule has 0 saturated heterocycles. The number of hydrogen-bond donors (Lipinski definition) is 0. The molecule has 1 aliphatic rings. The number of pyridine rings is 1. The van der Waals surface area contributed by atoms with E-state index >= 15 is 0 Å². The van der Waals surface area contributed by atoms with Crippen molar-refractivity contribution in [3.8, 4) is 28.4 Å². The van der Waals surface area contributed by atoms with E-state index in [1.54, 1.807) is 0 Å². The van der Waals surface area contributed by atoms with E-state index in [4.69, 9.17) is 9.72 Å². The minimum atomic E-state index is -0.249. The van der Waals surface area contributed by atoms with Crippen molar-refractivity contribution in [2.24, 2.45) is 0 Å². The van der Waals surface area contributed by atoms with E-state index in [1.807, 2.05) is 6.20 Å². The molecule has 0 atom stereocenters. The first-order chi connectivity index (χ1) is 34.9. The smallest absolute Gasteiger partial charge is 0.137 e. The molecule has 2 aromatic heterocycles. The van der Waals surface area contributed by atoms with Crippen LogP contribution in [0.4, 0.5) is 22.7 Å². The first-order valence-corrected chi connectivity index (χ1v) is 25.8. The average molecular weight is 955 g/mol. The second-order valence-corrected chi connectivity index (χ2v) is 23.1. The van der Waals surface area contributed by atoms with Crippen molar-refractivity contribution in [1.29, 1.82) is 0 Å². The molecule has 73 heavy (non-hydrogen) atoms. The fourth-order valence-electron chi connectivity index (χ4n) is 10.7. The fourth-order valence-corrected chi connectivity index (χ4v) is 10.7. The van der Waals surface area contributed by atoms with E-state index in [1.165, 1.54) is 67.0 Å². The Kier molecular flexibility index (Phi) is 11.7. The number of benzene rings is 8. The summed E-state index contributed by atoms with van der Waals surface area (Å²) >= 11 is 0. The summed E-state index contributed by atoms with van der Waals surface area (Å²) in [5.74, 6) is 2.39. The van der Waals surface area contributed by atoms with Crippen LogP contribution in [0, 0.1) is 0 Å². The van der Waals surface area contributed by atoms with E-state index in [2.05, 4.69) is 284 Å². The molecule has 0 bridgehead atoms. The quantitative estimate of drug-likeness (QED) is 0.137. The Hall–Kier alpha value is -7.89. The van der Waals surface area contributed by atoms with Gasteiger partial charge in [0.15, 0.2) is 0 Å². The molecule has 0 aliphatic carbocycles. The minimum Gasteiger partial charge on any atom is -0.457 e. The standard InChI is InChI=1S/C68H66N4O/c1-65(2,3)50-30-34-60-63(40-50)71(55-38-47(46-21-14-11-15-22-46)37-53(39-55)66(4,5)6)45-70(60)54-27-20-28-56(43-54)73-57-31-33-59-58-32-29-51(67(7,8)48-23-16-12-17-24-48)41-61(58)72(62(59)44-57)64-42-52(35-36-69-64)68(9,10)49-25-18-13-19-26-49/h11-44H,45H2,1-10H3. The maximum absolute atomic E-state index is 6.95. The molecule has 0 unspecified atom stereocenters. The topological polar surface area (TPSA) is 33.5 Å². The fraction of sp³-hybridized carbons (Fsp3) is 0.221. The third-order valence-corrected chi connectivity index (χ3v) is 15.4. The largest absolute Gasteiger partial charge is 0.457 e. The zero-order chi connectivity index (χ0) is 50.9. The highest BCUT2D eigenvalue weighted by molar-refractivity contribution is 6.10. The van der Waals surface area contributed by atoms with Crippen molar-refractivity contribution in [3.05, 3.63) is 240 Å². The van der Waals surface area contributed by atoms with Crippen LogP contribution in [-0.2, 0) is 21.7 Å². The summed E-state index contributed by atoms with van der Waals surface area (Å²) in [4.78, 5) is 10.0. The summed E-state index contributed by atoms with van der Waals surface area (Å²) < 4.78 is 9.29. The lowest BCUT2D eigenvalue weighted by molar-refractivity contribution is 0.483. The van der Waals surface area contributed by atoms with Crippen molar-refractivity contribution in [3.63, 3.8) is 0 Å². The minimum absolute atomic E-state index is 0.0181. The molecule has 10 aromatic rings. The van der Waals surface area contributed by atoms with Crippen molar-refractivity contribution in [1.82, 2.24) is 9.55 Å². The number of fused-ring (bicyclic) bond motifs is 4. The average Bonchev–Trinajstić information content (AvgIpc) is 3.94. The van der Waals surface area contributed by atoms with E-state index in [9.17, 15) is 0 Å². The van der Waals surface area contributed by atoms with Crippen LogP contribution in [0.3, 0.4) is 0 Å². The number of anilines is 4. The summed E-state index contributed by atoms with van der Waals surface area (Å²) in [7, 11) is 0. The Labute approximate surface area is 432 Å². The van der Waals surface area contributed by atoms with E-state index in [0.717, 1.165) is 39.4 Å². The molecule has 0 N–H and O–H groups in total. The monoisotopic (exact) mass is 955 g/mol. The second kappa shape index (κ2) is 18.0. The van der Waals surface area contributed by atoms with Gasteiger partial charge in [-0.3, -0.25) is 4.57 Å². The van der Waals surface area contributed by atoms with Gasteiger partial charge in [-0.2, -0.15) is 0 Å². The number of rotatable bonds is 10. The van der Waals surface area contributed by atoms with Gasteiger partial charge in [0.05, 0.1) is 22.4 Å². The van der Waals surface area contributed by atoms with E-state index in [0.29, 0.717) is 6.67 Å². The predicted molar refractivity (Wildman–Crippen MR) is 307 cm³/mol. The maximum atomic E-state index is 6.95. The molecule has 3 heterocycles. The molecule has 0 fully saturated rings. The molecule has 0 saturated carbocycles. The van der Waals surface area contributed by atoms with Crippen molar-refractivity contribution in [2.45, 2.75) is 90.9 Å². The normalized spacial score (nSPS) is 13.2. The summed E-state index contributed by atoms with van der Waals surface area (Å²) in [5, 5.41) is 2.31. The van der Waals surface area contributed by atoms with E-state index in [-0.39, 0.29) is 21.7 Å². The molecular weight excluding hydrogens is 889 g/mol. The molecule has 1 aliphatic heterocycles. The number of hydrogen-bond acceptors (Lipinski definition) is 4. The van der Waals surface area contributed by atoms with Crippen LogP contribution >= 0.6 is 0 Å². The van der Waals surface area contributed by atoms with Crippen LogP contribution in [0.5, 0.6) is 11.5 Å². The van der Waals surface area contributed by atoms with Gasteiger partial charge in [-0.1, -0.05) is 191 Å². The van der Waals surface area contributed by atoms with Gasteiger partial charge in [0, 0.05) is 51.3 Å². The second-order valence-electron chi connectivity index (χ2n) is 23.1. The van der Waals surface area contributed by atoms with Crippen LogP contribution in [-0.4, -0.2) is 16.2 Å². The molecule has 5 heteroatoms. The highest BCUT2D eigenvalue weighted by atomic mass is 16.5. The summed E-state index contributed by atoms with van der Waals surface area (Å²) in [6.45, 7) is 23.6. The van der Waals surface area contributed by atoms with Gasteiger partial charge in [0.2, 0.25) is 0 Å². The lowest BCUT2D eigenvalue weighted by Gasteiger charge is -2.27. The Bertz CT molecular complexity index is 3650. The Morgan fingerprint density at radius 3 is 1.62 bits per heavy atom. The molecule has 11 rings (SSSR count). The molecule has 0 amide bonds. The molecule has 0 radical (unpaired) electrons. The van der Waals surface area contributed by atoms with Gasteiger partial charge in [-0.05, 0) is 122 Å². The highest BCUT2D eigenvalue weighted by Gasteiger charge is 2.32. The first kappa shape index (κ1) is 47.4. The number of nitrogens with zero attached hydrogens (tertiary/aromatic N) is 4. The molecule has 364 valence electrons. The van der Waals surface area contributed by atoms with Crippen LogP contribution in [0.1, 0.15) is 103 Å². The number of ether oxygens (including phenoxy) is 1. The summed E-state index contributed by atoms with van der Waals surface area (Å²) in [6.07, 6.45) is 1.96. The zero-order valence-corrected chi connectivity index (χ0v) is 44.0. The SMILES string of the molecule is CC(C)(C)c1cc(-c2ccccc2)cc(N2CN(c3cccc(Oc4ccc5c6ccc(C(C)(C)c7ccccc7)cc6n(-c6cc(C(C)(C)c7ccccc7)ccn6)c5c4)c3)c3ccc(C(C)(C)C)cc32)c1. The van der Waals surface area contributed by atoms with E-state index < -0.39 is 0 Å². The van der Waals surface area contributed by atoms with Crippen molar-refractivity contribution in [2.75, 3.05) is 16.5 Å². The van der Waals surface area contributed by atoms with Gasteiger partial charge in [-0.25, -0.2) is 4.98 Å². The number of aromatic nitrogens is 2. The van der Waals surface area contributed by atoms with Gasteiger partial charge < -0.3 is 14.5 Å². The van der Waals surface area contributed by atoms with Gasteiger partial charge in [0.1, 0.15) is 24.0 Å². The zero-order valence-electron chi connectivity index (χ0n) is 44.0. The first-order valence-electron chi connectivity index (χ1n) is 25.8. The third-order valence-electron chi connectivity index (χ3n) is 15.4. The molecule has 8 aromatic carbocycles. The van der Waals surface area contributed by atoms with Crippen molar-refractivity contribution >= 4 is 44.6 Å². The lowest BCUT2D eigenvalue weighted by Crippen LogP contribution is -2.24. The Morgan fingerprint density at radius 2 is 0.959 bits per heavy atom. The van der Waals surface area contributed by atoms with Crippen molar-refractivity contribution < 1.29 is 4.74 Å². The Balaban J connectivity index is 0.998. The lowest BCUT2D eigenvalue weighted by atomic mass is 9.78. The summed E-state index contributed by atoms with van der Waals surface area (Å²) in [5.41, 5.74) is 16.2. The molecule has 0 spiro atoms. The Morgan fingerprint density at radius 1 is 0.384 bits per heavy atom. The highest BCUT2D eigenvalue weighted by Crippen LogP contribution is 2.48.